The molecule has 70 valence electrons. The quantitative estimate of drug-likeness (QED) is 0.642. The van der Waals surface area contributed by atoms with Gasteiger partial charge in [-0.15, -0.1) is 0 Å². The second kappa shape index (κ2) is 4.63. The highest BCUT2D eigenvalue weighted by Crippen LogP contribution is 2.28. The van der Waals surface area contributed by atoms with Crippen LogP contribution in [-0.4, -0.2) is 5.84 Å². The summed E-state index contributed by atoms with van der Waals surface area (Å²) in [7, 11) is 0. The van der Waals surface area contributed by atoms with E-state index in [1.165, 1.54) is 0 Å². The van der Waals surface area contributed by atoms with E-state index in [-0.39, 0.29) is 0 Å². The molecule has 1 rings (SSSR count). The van der Waals surface area contributed by atoms with E-state index in [4.69, 9.17) is 17.3 Å². The summed E-state index contributed by atoms with van der Waals surface area (Å²) in [5.74, 6) is 0.583. The van der Waals surface area contributed by atoms with Crippen molar-refractivity contribution in [3.05, 3.63) is 27.7 Å². The number of rotatable bonds is 2. The Bertz CT molecular complexity index is 336. The molecule has 13 heavy (non-hydrogen) atoms. The molecular weight excluding hydrogens is 251 g/mol. The number of benzene rings is 1. The van der Waals surface area contributed by atoms with Crippen LogP contribution in [0.15, 0.2) is 27.7 Å². The zero-order chi connectivity index (χ0) is 9.84. The molecule has 0 atom stereocenters. The Kier molecular flexibility index (Phi) is 3.75. The van der Waals surface area contributed by atoms with Gasteiger partial charge in [-0.2, -0.15) is 0 Å². The van der Waals surface area contributed by atoms with E-state index in [0.717, 1.165) is 10.9 Å². The highest BCUT2D eigenvalue weighted by Gasteiger charge is 1.99. The molecule has 1 aromatic carbocycles. The smallest absolute Gasteiger partial charge is 0.0994 e. The fourth-order valence-electron chi connectivity index (χ4n) is 0.805. The maximum atomic E-state index is 5.91. The van der Waals surface area contributed by atoms with Crippen LogP contribution in [0.1, 0.15) is 13.3 Å². The standard InChI is InChI=1S/C9H10BrClN2/c1-2-9(12)13-8-5-6(10)3-4-7(8)11/h3-5H,2H2,1H3,(H2,12,13). The molecule has 2 N–H and O–H groups in total. The second-order valence-corrected chi connectivity index (χ2v) is 3.88. The highest BCUT2D eigenvalue weighted by atomic mass is 79.9. The number of nitrogens with two attached hydrogens (primary N) is 1. The Morgan fingerprint density at radius 2 is 2.31 bits per heavy atom. The van der Waals surface area contributed by atoms with Crippen LogP contribution < -0.4 is 5.73 Å². The monoisotopic (exact) mass is 260 g/mol. The van der Waals surface area contributed by atoms with Crippen LogP contribution in [-0.2, 0) is 0 Å². The first kappa shape index (κ1) is 10.5. The van der Waals surface area contributed by atoms with Crippen molar-refractivity contribution in [3.63, 3.8) is 0 Å². The van der Waals surface area contributed by atoms with Crippen molar-refractivity contribution in [1.29, 1.82) is 0 Å². The van der Waals surface area contributed by atoms with E-state index in [2.05, 4.69) is 20.9 Å². The lowest BCUT2D eigenvalue weighted by atomic mass is 10.3. The van der Waals surface area contributed by atoms with E-state index in [9.17, 15) is 0 Å². The molecule has 0 fully saturated rings. The molecule has 2 nitrogen and oxygen atoms in total. The number of halogens is 2. The van der Waals surface area contributed by atoms with Crippen molar-refractivity contribution in [3.8, 4) is 0 Å². The Labute approximate surface area is 90.9 Å². The minimum atomic E-state index is 0.583. The summed E-state index contributed by atoms with van der Waals surface area (Å²) in [6.07, 6.45) is 0.725. The third-order valence-corrected chi connectivity index (χ3v) is 2.35. The molecule has 0 aliphatic rings. The summed E-state index contributed by atoms with van der Waals surface area (Å²) in [6, 6.07) is 5.49. The van der Waals surface area contributed by atoms with Gasteiger partial charge >= 0.3 is 0 Å². The summed E-state index contributed by atoms with van der Waals surface area (Å²) in [5, 5.41) is 0.611. The first-order valence-corrected chi connectivity index (χ1v) is 5.08. The Morgan fingerprint density at radius 3 is 2.92 bits per heavy atom. The van der Waals surface area contributed by atoms with Crippen molar-refractivity contribution in [2.45, 2.75) is 13.3 Å². The van der Waals surface area contributed by atoms with Gasteiger partial charge in [0.1, 0.15) is 0 Å². The average molecular weight is 262 g/mol. The number of aliphatic imine (C=N–C) groups is 1. The van der Waals surface area contributed by atoms with Gasteiger partial charge in [0.2, 0.25) is 0 Å². The minimum Gasteiger partial charge on any atom is -0.387 e. The third kappa shape index (κ3) is 3.01. The van der Waals surface area contributed by atoms with Crippen LogP contribution in [0.3, 0.4) is 0 Å². The fourth-order valence-corrected chi connectivity index (χ4v) is 1.31. The van der Waals surface area contributed by atoms with Crippen molar-refractivity contribution in [2.75, 3.05) is 0 Å². The van der Waals surface area contributed by atoms with Crippen molar-refractivity contribution in [1.82, 2.24) is 0 Å². The molecule has 0 heterocycles. The van der Waals surface area contributed by atoms with Crippen LogP contribution >= 0.6 is 27.5 Å². The van der Waals surface area contributed by atoms with Crippen LogP contribution in [0.25, 0.3) is 0 Å². The van der Waals surface area contributed by atoms with Crippen molar-refractivity contribution >= 4 is 39.1 Å². The summed E-state index contributed by atoms with van der Waals surface area (Å²) >= 11 is 9.25. The predicted molar refractivity (Wildman–Crippen MR) is 60.7 cm³/mol. The lowest BCUT2D eigenvalue weighted by Crippen LogP contribution is -2.08. The highest BCUT2D eigenvalue weighted by molar-refractivity contribution is 9.10. The van der Waals surface area contributed by atoms with Gasteiger partial charge in [0.05, 0.1) is 16.5 Å². The molecule has 4 heteroatoms. The molecule has 0 saturated heterocycles. The molecule has 0 spiro atoms. The van der Waals surface area contributed by atoms with Gasteiger partial charge in [-0.05, 0) is 18.2 Å². The lowest BCUT2D eigenvalue weighted by molar-refractivity contribution is 1.23. The largest absolute Gasteiger partial charge is 0.387 e. The van der Waals surface area contributed by atoms with Gasteiger partial charge < -0.3 is 5.73 Å². The summed E-state index contributed by atoms with van der Waals surface area (Å²) in [6.45, 7) is 1.95. The summed E-state index contributed by atoms with van der Waals surface area (Å²) in [5.41, 5.74) is 6.30. The molecule has 0 aliphatic carbocycles. The number of amidine groups is 1. The molecule has 0 saturated carbocycles. The lowest BCUT2D eigenvalue weighted by Gasteiger charge is -2.00. The third-order valence-electron chi connectivity index (χ3n) is 1.53. The summed E-state index contributed by atoms with van der Waals surface area (Å²) < 4.78 is 0.944. The first-order chi connectivity index (χ1) is 6.13. The van der Waals surface area contributed by atoms with Gasteiger partial charge in [0, 0.05) is 10.9 Å². The average Bonchev–Trinajstić information content (AvgIpc) is 2.11. The number of hydrogen-bond acceptors (Lipinski definition) is 1. The maximum absolute atomic E-state index is 5.91. The molecule has 0 aromatic heterocycles. The van der Waals surface area contributed by atoms with Gasteiger partial charge in [-0.3, -0.25) is 0 Å². The van der Waals surface area contributed by atoms with E-state index >= 15 is 0 Å². The predicted octanol–water partition coefficient (Wildman–Crippen LogP) is 3.50. The zero-order valence-electron chi connectivity index (χ0n) is 7.22. The fraction of sp³-hybridized carbons (Fsp3) is 0.222. The first-order valence-electron chi connectivity index (χ1n) is 3.91. The van der Waals surface area contributed by atoms with Crippen LogP contribution in [0.4, 0.5) is 5.69 Å². The minimum absolute atomic E-state index is 0.583. The molecule has 0 unspecified atom stereocenters. The normalized spacial score (nSPS) is 11.8. The second-order valence-electron chi connectivity index (χ2n) is 2.55. The molecule has 0 bridgehead atoms. The van der Waals surface area contributed by atoms with Crippen molar-refractivity contribution < 1.29 is 0 Å². The Morgan fingerprint density at radius 1 is 1.62 bits per heavy atom. The van der Waals surface area contributed by atoms with Crippen LogP contribution in [0.2, 0.25) is 5.02 Å². The molecular formula is C9H10BrClN2. The van der Waals surface area contributed by atoms with Gasteiger partial charge in [-0.25, -0.2) is 4.99 Å². The zero-order valence-corrected chi connectivity index (χ0v) is 9.56. The van der Waals surface area contributed by atoms with E-state index in [0.29, 0.717) is 16.5 Å². The van der Waals surface area contributed by atoms with Gasteiger partial charge in [0.25, 0.3) is 0 Å². The van der Waals surface area contributed by atoms with Crippen molar-refractivity contribution in [2.24, 2.45) is 10.7 Å². The SMILES string of the molecule is CCC(N)=Nc1cc(Br)ccc1Cl. The molecule has 0 radical (unpaired) electrons. The topological polar surface area (TPSA) is 38.4 Å². The number of hydrogen-bond donors (Lipinski definition) is 1. The molecule has 0 aliphatic heterocycles. The Balaban J connectivity index is 3.07. The summed E-state index contributed by atoms with van der Waals surface area (Å²) in [4.78, 5) is 4.17. The van der Waals surface area contributed by atoms with Crippen LogP contribution in [0.5, 0.6) is 0 Å². The molecule has 1 aromatic rings. The van der Waals surface area contributed by atoms with E-state index in [1.807, 2.05) is 19.1 Å². The number of nitrogens with zero attached hydrogens (tertiary/aromatic N) is 1. The van der Waals surface area contributed by atoms with Crippen LogP contribution in [0, 0.1) is 0 Å². The maximum Gasteiger partial charge on any atom is 0.0994 e. The van der Waals surface area contributed by atoms with E-state index in [1.54, 1.807) is 6.07 Å². The molecule has 0 amide bonds. The Hall–Kier alpha value is -0.540. The van der Waals surface area contributed by atoms with E-state index < -0.39 is 0 Å². The van der Waals surface area contributed by atoms with Gasteiger partial charge in [0.15, 0.2) is 0 Å². The van der Waals surface area contributed by atoms with Gasteiger partial charge in [-0.1, -0.05) is 34.5 Å².